The van der Waals surface area contributed by atoms with E-state index in [1.165, 1.54) is 10.8 Å². The summed E-state index contributed by atoms with van der Waals surface area (Å²) in [7, 11) is 0. The van der Waals surface area contributed by atoms with Crippen molar-refractivity contribution in [3.05, 3.63) is 28.9 Å². The number of hydrogen-bond acceptors (Lipinski definition) is 3. The Hall–Kier alpha value is -1.63. The zero-order chi connectivity index (χ0) is 8.97. The van der Waals surface area contributed by atoms with Crippen molar-refractivity contribution in [2.75, 3.05) is 0 Å². The molecule has 0 radical (unpaired) electrons. The molecule has 0 saturated heterocycles. The Labute approximate surface area is 70.1 Å². The highest BCUT2D eigenvalue weighted by atomic mass is 16.1. The molecular weight excluding hydrogens is 154 g/mol. The average molecular weight is 163 g/mol. The van der Waals surface area contributed by atoms with Crippen molar-refractivity contribution in [2.45, 2.75) is 13.5 Å². The minimum absolute atomic E-state index is 0.160. The van der Waals surface area contributed by atoms with Gasteiger partial charge in [-0.15, -0.1) is 0 Å². The van der Waals surface area contributed by atoms with E-state index in [-0.39, 0.29) is 11.6 Å². The molecule has 0 fully saturated rings. The third-order valence-corrected chi connectivity index (χ3v) is 1.47. The second-order valence-corrected chi connectivity index (χ2v) is 2.58. The van der Waals surface area contributed by atoms with Crippen LogP contribution in [0.15, 0.2) is 23.3 Å². The monoisotopic (exact) mass is 163 g/mol. The first kappa shape index (κ1) is 8.47. The summed E-state index contributed by atoms with van der Waals surface area (Å²) in [4.78, 5) is 14.6. The summed E-state index contributed by atoms with van der Waals surface area (Å²) in [6.07, 6.45) is 3.07. The van der Waals surface area contributed by atoms with Crippen LogP contribution in [0.3, 0.4) is 0 Å². The number of nitrogens with zero attached hydrogens (tertiary/aromatic N) is 3. The van der Waals surface area contributed by atoms with Gasteiger partial charge >= 0.3 is 5.69 Å². The zero-order valence-corrected chi connectivity index (χ0v) is 6.77. The molecule has 0 N–H and O–H groups in total. The minimum atomic E-state index is -0.306. The summed E-state index contributed by atoms with van der Waals surface area (Å²) < 4.78 is 1.42. The number of nitriles is 1. The Balaban J connectivity index is 2.85. The molecule has 0 spiro atoms. The van der Waals surface area contributed by atoms with E-state index < -0.39 is 0 Å². The molecule has 12 heavy (non-hydrogen) atoms. The predicted octanol–water partition coefficient (Wildman–Crippen LogP) is 0.403. The van der Waals surface area contributed by atoms with Gasteiger partial charge in [-0.25, -0.2) is 9.78 Å². The molecule has 1 aromatic heterocycles. The first-order valence-corrected chi connectivity index (χ1v) is 3.65. The maximum atomic E-state index is 11.0. The van der Waals surface area contributed by atoms with Crippen LogP contribution in [0.25, 0.3) is 0 Å². The largest absolute Gasteiger partial charge is 0.347 e. The second-order valence-electron chi connectivity index (χ2n) is 2.58. The molecule has 1 heterocycles. The van der Waals surface area contributed by atoms with Gasteiger partial charge in [0.15, 0.2) is 0 Å². The van der Waals surface area contributed by atoms with Crippen molar-refractivity contribution >= 4 is 0 Å². The summed E-state index contributed by atoms with van der Waals surface area (Å²) in [6.45, 7) is 2.17. The Morgan fingerprint density at radius 3 is 3.17 bits per heavy atom. The van der Waals surface area contributed by atoms with Crippen molar-refractivity contribution in [1.82, 2.24) is 9.55 Å². The smallest absolute Gasteiger partial charge is 0.298 e. The first-order valence-electron chi connectivity index (χ1n) is 3.65. The van der Waals surface area contributed by atoms with Crippen LogP contribution in [0, 0.1) is 17.2 Å². The highest BCUT2D eigenvalue weighted by Gasteiger charge is 2.01. The molecule has 0 aromatic carbocycles. The third-order valence-electron chi connectivity index (χ3n) is 1.47. The lowest BCUT2D eigenvalue weighted by Gasteiger charge is -2.03. The molecule has 4 heteroatoms. The molecule has 1 unspecified atom stereocenters. The maximum absolute atomic E-state index is 11.0. The first-order chi connectivity index (χ1) is 5.74. The van der Waals surface area contributed by atoms with Gasteiger partial charge in [-0.3, -0.25) is 4.57 Å². The number of aromatic nitrogens is 2. The van der Waals surface area contributed by atoms with E-state index in [0.29, 0.717) is 6.54 Å². The fraction of sp³-hybridized carbons (Fsp3) is 0.375. The fourth-order valence-corrected chi connectivity index (χ4v) is 0.862. The van der Waals surface area contributed by atoms with Crippen molar-refractivity contribution in [3.8, 4) is 6.07 Å². The molecule has 0 aliphatic heterocycles. The highest BCUT2D eigenvalue weighted by Crippen LogP contribution is 1.94. The summed E-state index contributed by atoms with van der Waals surface area (Å²) in [5.74, 6) is -0.160. The molecule has 62 valence electrons. The lowest BCUT2D eigenvalue weighted by molar-refractivity contribution is 0.553. The molecule has 0 amide bonds. The lowest BCUT2D eigenvalue weighted by Crippen LogP contribution is -2.23. The van der Waals surface area contributed by atoms with E-state index in [1.807, 2.05) is 0 Å². The van der Waals surface area contributed by atoms with Crippen LogP contribution in [0.1, 0.15) is 6.92 Å². The summed E-state index contributed by atoms with van der Waals surface area (Å²) >= 11 is 0. The van der Waals surface area contributed by atoms with E-state index >= 15 is 0 Å². The van der Waals surface area contributed by atoms with Gasteiger partial charge in [0, 0.05) is 18.9 Å². The molecule has 1 atom stereocenters. The van der Waals surface area contributed by atoms with Crippen molar-refractivity contribution < 1.29 is 0 Å². The molecule has 0 saturated carbocycles. The Morgan fingerprint density at radius 2 is 2.58 bits per heavy atom. The van der Waals surface area contributed by atoms with Gasteiger partial charge < -0.3 is 0 Å². The quantitative estimate of drug-likeness (QED) is 0.634. The third kappa shape index (κ3) is 1.92. The van der Waals surface area contributed by atoms with E-state index in [4.69, 9.17) is 5.26 Å². The summed E-state index contributed by atoms with van der Waals surface area (Å²) in [5, 5.41) is 8.50. The number of hydrogen-bond donors (Lipinski definition) is 0. The normalized spacial score (nSPS) is 12.0. The Kier molecular flexibility index (Phi) is 2.59. The topological polar surface area (TPSA) is 58.7 Å². The molecule has 1 rings (SSSR count). The highest BCUT2D eigenvalue weighted by molar-refractivity contribution is 4.85. The Morgan fingerprint density at radius 1 is 1.83 bits per heavy atom. The lowest BCUT2D eigenvalue weighted by atomic mass is 10.2. The van der Waals surface area contributed by atoms with Crippen molar-refractivity contribution in [3.63, 3.8) is 0 Å². The van der Waals surface area contributed by atoms with E-state index in [1.54, 1.807) is 19.2 Å². The molecule has 0 aliphatic rings. The van der Waals surface area contributed by atoms with Gasteiger partial charge in [0.05, 0.1) is 12.0 Å². The van der Waals surface area contributed by atoms with Crippen molar-refractivity contribution in [2.24, 2.45) is 5.92 Å². The van der Waals surface area contributed by atoms with Crippen LogP contribution in [0.5, 0.6) is 0 Å². The standard InChI is InChI=1S/C8H9N3O/c1-7(5-9)6-11-4-2-3-10-8(11)12/h2-4,7H,6H2,1H3. The van der Waals surface area contributed by atoms with E-state index in [0.717, 1.165) is 0 Å². The fourth-order valence-electron chi connectivity index (χ4n) is 0.862. The van der Waals surface area contributed by atoms with Gasteiger partial charge in [0.2, 0.25) is 0 Å². The van der Waals surface area contributed by atoms with Crippen LogP contribution in [0.4, 0.5) is 0 Å². The van der Waals surface area contributed by atoms with Crippen LogP contribution >= 0.6 is 0 Å². The molecule has 4 nitrogen and oxygen atoms in total. The Bertz CT molecular complexity index is 350. The van der Waals surface area contributed by atoms with Gasteiger partial charge in [0.1, 0.15) is 0 Å². The van der Waals surface area contributed by atoms with Crippen LogP contribution in [-0.2, 0) is 6.54 Å². The van der Waals surface area contributed by atoms with Gasteiger partial charge in [-0.05, 0) is 13.0 Å². The molecule has 0 bridgehead atoms. The maximum Gasteiger partial charge on any atom is 0.347 e. The van der Waals surface area contributed by atoms with E-state index in [2.05, 4.69) is 11.1 Å². The molecular formula is C8H9N3O. The SMILES string of the molecule is CC(C#N)Cn1cccnc1=O. The van der Waals surface area contributed by atoms with Crippen LogP contribution in [-0.4, -0.2) is 9.55 Å². The van der Waals surface area contributed by atoms with E-state index in [9.17, 15) is 4.79 Å². The van der Waals surface area contributed by atoms with Gasteiger partial charge in [0.25, 0.3) is 0 Å². The minimum Gasteiger partial charge on any atom is -0.298 e. The average Bonchev–Trinajstić information content (AvgIpc) is 2.09. The zero-order valence-electron chi connectivity index (χ0n) is 6.77. The van der Waals surface area contributed by atoms with Crippen LogP contribution in [0.2, 0.25) is 0 Å². The summed E-state index contributed by atoms with van der Waals surface area (Å²) in [6, 6.07) is 3.73. The molecule has 0 aliphatic carbocycles. The summed E-state index contributed by atoms with van der Waals surface area (Å²) in [5.41, 5.74) is -0.306. The number of rotatable bonds is 2. The van der Waals surface area contributed by atoms with Crippen molar-refractivity contribution in [1.29, 1.82) is 5.26 Å². The predicted molar refractivity (Wildman–Crippen MR) is 43.3 cm³/mol. The van der Waals surface area contributed by atoms with Crippen LogP contribution < -0.4 is 5.69 Å². The van der Waals surface area contributed by atoms with Gasteiger partial charge in [-0.2, -0.15) is 5.26 Å². The van der Waals surface area contributed by atoms with Gasteiger partial charge in [-0.1, -0.05) is 0 Å². The second kappa shape index (κ2) is 3.67. The molecule has 1 aromatic rings.